The fourth-order valence-corrected chi connectivity index (χ4v) is 3.60. The molecular formula is C14H21NOS. The number of hydrogen-bond donors (Lipinski definition) is 1. The van der Waals surface area contributed by atoms with Crippen LogP contribution in [0.4, 0.5) is 0 Å². The van der Waals surface area contributed by atoms with Crippen LogP contribution in [0.25, 0.3) is 0 Å². The summed E-state index contributed by atoms with van der Waals surface area (Å²) in [5.74, 6) is 2.27. The maximum atomic E-state index is 5.84. The van der Waals surface area contributed by atoms with Crippen LogP contribution >= 0.6 is 11.8 Å². The fourth-order valence-electron chi connectivity index (χ4n) is 2.20. The van der Waals surface area contributed by atoms with Gasteiger partial charge in [0.2, 0.25) is 0 Å². The van der Waals surface area contributed by atoms with E-state index in [1.165, 1.54) is 24.2 Å². The summed E-state index contributed by atoms with van der Waals surface area (Å²) in [6.45, 7) is 3.06. The Morgan fingerprint density at radius 3 is 3.00 bits per heavy atom. The van der Waals surface area contributed by atoms with Crippen LogP contribution in [0.2, 0.25) is 0 Å². The molecule has 0 fully saturated rings. The van der Waals surface area contributed by atoms with Gasteiger partial charge in [-0.2, -0.15) is 11.8 Å². The molecule has 0 aromatic heterocycles. The second-order valence-electron chi connectivity index (χ2n) is 4.38. The van der Waals surface area contributed by atoms with Crippen molar-refractivity contribution in [1.29, 1.82) is 0 Å². The number of benzene rings is 1. The molecule has 0 spiro atoms. The maximum Gasteiger partial charge on any atom is 0.124 e. The van der Waals surface area contributed by atoms with Crippen molar-refractivity contribution >= 4 is 11.8 Å². The van der Waals surface area contributed by atoms with Gasteiger partial charge in [0.1, 0.15) is 12.4 Å². The lowest BCUT2D eigenvalue weighted by Gasteiger charge is -2.33. The topological polar surface area (TPSA) is 21.3 Å². The molecule has 1 heterocycles. The van der Waals surface area contributed by atoms with Gasteiger partial charge in [-0.05, 0) is 25.3 Å². The van der Waals surface area contributed by atoms with Gasteiger partial charge < -0.3 is 10.1 Å². The SMILES string of the molecule is CCCCSC1COc2ccccc2C1NC. The van der Waals surface area contributed by atoms with Gasteiger partial charge in [0.15, 0.2) is 0 Å². The first-order chi connectivity index (χ1) is 8.36. The van der Waals surface area contributed by atoms with Crippen molar-refractivity contribution in [3.8, 4) is 5.75 Å². The molecular weight excluding hydrogens is 230 g/mol. The first-order valence-electron chi connectivity index (χ1n) is 6.37. The van der Waals surface area contributed by atoms with Crippen LogP contribution in [-0.4, -0.2) is 24.7 Å². The van der Waals surface area contributed by atoms with E-state index in [9.17, 15) is 0 Å². The quantitative estimate of drug-likeness (QED) is 0.812. The van der Waals surface area contributed by atoms with Gasteiger partial charge in [0.05, 0.1) is 11.3 Å². The highest BCUT2D eigenvalue weighted by Crippen LogP contribution is 2.37. The van der Waals surface area contributed by atoms with Crippen molar-refractivity contribution in [1.82, 2.24) is 5.32 Å². The average molecular weight is 251 g/mol. The van der Waals surface area contributed by atoms with E-state index in [0.717, 1.165) is 12.4 Å². The number of rotatable bonds is 5. The van der Waals surface area contributed by atoms with E-state index in [1.807, 2.05) is 24.9 Å². The summed E-state index contributed by atoms with van der Waals surface area (Å²) in [6.07, 6.45) is 2.56. The van der Waals surface area contributed by atoms with Crippen LogP contribution in [0.3, 0.4) is 0 Å². The molecule has 0 saturated carbocycles. The first-order valence-corrected chi connectivity index (χ1v) is 7.42. The van der Waals surface area contributed by atoms with Crippen LogP contribution < -0.4 is 10.1 Å². The number of nitrogens with one attached hydrogen (secondary N) is 1. The Bertz CT molecular complexity index is 356. The highest BCUT2D eigenvalue weighted by molar-refractivity contribution is 7.99. The van der Waals surface area contributed by atoms with Gasteiger partial charge in [-0.15, -0.1) is 0 Å². The lowest BCUT2D eigenvalue weighted by Crippen LogP contribution is -2.36. The molecule has 2 unspecified atom stereocenters. The second-order valence-corrected chi connectivity index (χ2v) is 5.73. The molecule has 2 rings (SSSR count). The lowest BCUT2D eigenvalue weighted by molar-refractivity contribution is 0.265. The third-order valence-corrected chi connectivity index (χ3v) is 4.53. The highest BCUT2D eigenvalue weighted by atomic mass is 32.2. The lowest BCUT2D eigenvalue weighted by atomic mass is 10.0. The number of hydrogen-bond acceptors (Lipinski definition) is 3. The largest absolute Gasteiger partial charge is 0.492 e. The molecule has 0 radical (unpaired) electrons. The molecule has 2 atom stereocenters. The minimum absolute atomic E-state index is 0.418. The van der Waals surface area contributed by atoms with Gasteiger partial charge in [0.25, 0.3) is 0 Å². The Morgan fingerprint density at radius 2 is 2.24 bits per heavy atom. The smallest absolute Gasteiger partial charge is 0.124 e. The van der Waals surface area contributed by atoms with E-state index in [4.69, 9.17) is 4.74 Å². The Morgan fingerprint density at radius 1 is 1.41 bits per heavy atom. The van der Waals surface area contributed by atoms with E-state index in [1.54, 1.807) is 0 Å². The third-order valence-electron chi connectivity index (χ3n) is 3.17. The molecule has 0 amide bonds. The summed E-state index contributed by atoms with van der Waals surface area (Å²) in [4.78, 5) is 0. The van der Waals surface area contributed by atoms with Crippen molar-refractivity contribution in [3.05, 3.63) is 29.8 Å². The van der Waals surface area contributed by atoms with Gasteiger partial charge in [-0.3, -0.25) is 0 Å². The van der Waals surface area contributed by atoms with Crippen molar-refractivity contribution in [2.45, 2.75) is 31.1 Å². The predicted molar refractivity (Wildman–Crippen MR) is 74.9 cm³/mol. The number of fused-ring (bicyclic) bond motifs is 1. The van der Waals surface area contributed by atoms with Crippen LogP contribution in [0.1, 0.15) is 31.4 Å². The zero-order valence-corrected chi connectivity index (χ0v) is 11.4. The second kappa shape index (κ2) is 6.31. The minimum atomic E-state index is 0.418. The van der Waals surface area contributed by atoms with Gasteiger partial charge >= 0.3 is 0 Å². The summed E-state index contributed by atoms with van der Waals surface area (Å²) in [5, 5.41) is 3.97. The minimum Gasteiger partial charge on any atom is -0.492 e. The van der Waals surface area contributed by atoms with Crippen molar-refractivity contribution in [2.75, 3.05) is 19.4 Å². The summed E-state index contributed by atoms with van der Waals surface area (Å²) >= 11 is 2.03. The van der Waals surface area contributed by atoms with Gasteiger partial charge in [-0.1, -0.05) is 31.5 Å². The van der Waals surface area contributed by atoms with Crippen molar-refractivity contribution in [2.24, 2.45) is 0 Å². The molecule has 0 bridgehead atoms. The summed E-state index contributed by atoms with van der Waals surface area (Å²) < 4.78 is 5.84. The molecule has 17 heavy (non-hydrogen) atoms. The van der Waals surface area contributed by atoms with Crippen LogP contribution in [0, 0.1) is 0 Å². The summed E-state index contributed by atoms with van der Waals surface area (Å²) in [6, 6.07) is 8.78. The third kappa shape index (κ3) is 2.96. The van der Waals surface area contributed by atoms with E-state index in [0.29, 0.717) is 11.3 Å². The standard InChI is InChI=1S/C14H21NOS/c1-3-4-9-17-13-10-16-12-8-6-5-7-11(12)14(13)15-2/h5-8,13-15H,3-4,9-10H2,1-2H3. The number of unbranched alkanes of at least 4 members (excludes halogenated alkanes) is 1. The van der Waals surface area contributed by atoms with Crippen LogP contribution in [0.15, 0.2) is 24.3 Å². The van der Waals surface area contributed by atoms with E-state index >= 15 is 0 Å². The molecule has 1 N–H and O–H groups in total. The maximum absolute atomic E-state index is 5.84. The molecule has 94 valence electrons. The monoisotopic (exact) mass is 251 g/mol. The van der Waals surface area contributed by atoms with Crippen LogP contribution in [0.5, 0.6) is 5.75 Å². The highest BCUT2D eigenvalue weighted by Gasteiger charge is 2.29. The Hall–Kier alpha value is -0.670. The molecule has 0 aliphatic carbocycles. The number of thioether (sulfide) groups is 1. The van der Waals surface area contributed by atoms with Gasteiger partial charge in [0, 0.05) is 5.56 Å². The van der Waals surface area contributed by atoms with E-state index in [-0.39, 0.29) is 0 Å². The van der Waals surface area contributed by atoms with E-state index in [2.05, 4.69) is 30.4 Å². The molecule has 3 heteroatoms. The van der Waals surface area contributed by atoms with Gasteiger partial charge in [-0.25, -0.2) is 0 Å². The Kier molecular flexibility index (Phi) is 4.75. The zero-order chi connectivity index (χ0) is 12.1. The number of ether oxygens (including phenoxy) is 1. The van der Waals surface area contributed by atoms with Crippen LogP contribution in [-0.2, 0) is 0 Å². The molecule has 1 aromatic rings. The molecule has 2 nitrogen and oxygen atoms in total. The molecule has 1 aliphatic heterocycles. The van der Waals surface area contributed by atoms with E-state index < -0.39 is 0 Å². The normalized spacial score (nSPS) is 22.9. The molecule has 1 aliphatic rings. The first kappa shape index (κ1) is 12.8. The fraction of sp³-hybridized carbons (Fsp3) is 0.571. The predicted octanol–water partition coefficient (Wildman–Crippen LogP) is 3.24. The zero-order valence-electron chi connectivity index (χ0n) is 10.6. The average Bonchev–Trinajstić information content (AvgIpc) is 2.38. The molecule has 1 aromatic carbocycles. The molecule has 0 saturated heterocycles. The summed E-state index contributed by atoms with van der Waals surface area (Å²) in [7, 11) is 2.04. The Labute approximate surface area is 108 Å². The van der Waals surface area contributed by atoms with Crippen molar-refractivity contribution < 1.29 is 4.74 Å². The number of para-hydroxylation sites is 1. The Balaban J connectivity index is 2.06. The summed E-state index contributed by atoms with van der Waals surface area (Å²) in [5.41, 5.74) is 1.30. The van der Waals surface area contributed by atoms with Crippen molar-refractivity contribution in [3.63, 3.8) is 0 Å².